The quantitative estimate of drug-likeness (QED) is 0.917. The lowest BCUT2D eigenvalue weighted by Crippen LogP contribution is -2.14. The Balaban J connectivity index is 2.28. The molecule has 21 heavy (non-hydrogen) atoms. The van der Waals surface area contributed by atoms with Gasteiger partial charge < -0.3 is 10.1 Å². The molecule has 1 amide bonds. The molecule has 2 aromatic rings. The molecule has 110 valence electrons. The summed E-state index contributed by atoms with van der Waals surface area (Å²) in [4.78, 5) is 12.4. The van der Waals surface area contributed by atoms with E-state index in [2.05, 4.69) is 24.4 Å². The maximum absolute atomic E-state index is 12.4. The van der Waals surface area contributed by atoms with Crippen molar-refractivity contribution in [1.29, 1.82) is 0 Å². The second kappa shape index (κ2) is 6.00. The SMILES string of the molecule is COc1ccc(C(=O)Nc2c(C)cc(C)cc2C)cc1C. The Morgan fingerprint density at radius 3 is 2.10 bits per heavy atom. The summed E-state index contributed by atoms with van der Waals surface area (Å²) in [6.45, 7) is 8.00. The number of methoxy groups -OCH3 is 1. The minimum absolute atomic E-state index is 0.101. The molecule has 0 saturated carbocycles. The zero-order chi connectivity index (χ0) is 15.6. The molecule has 0 fully saturated rings. The molecular weight excluding hydrogens is 262 g/mol. The highest BCUT2D eigenvalue weighted by Crippen LogP contribution is 2.24. The molecule has 0 aliphatic heterocycles. The highest BCUT2D eigenvalue weighted by molar-refractivity contribution is 6.05. The fraction of sp³-hybridized carbons (Fsp3) is 0.278. The maximum Gasteiger partial charge on any atom is 0.255 e. The molecule has 0 heterocycles. The Hall–Kier alpha value is -2.29. The first-order chi connectivity index (χ1) is 9.92. The van der Waals surface area contributed by atoms with E-state index < -0.39 is 0 Å². The molecule has 0 aliphatic carbocycles. The Labute approximate surface area is 126 Å². The van der Waals surface area contributed by atoms with Gasteiger partial charge in [0.25, 0.3) is 5.91 Å². The molecule has 3 nitrogen and oxygen atoms in total. The van der Waals surface area contributed by atoms with Gasteiger partial charge in [0, 0.05) is 11.3 Å². The van der Waals surface area contributed by atoms with Crippen LogP contribution < -0.4 is 10.1 Å². The lowest BCUT2D eigenvalue weighted by Gasteiger charge is -2.13. The van der Waals surface area contributed by atoms with Gasteiger partial charge in [-0.1, -0.05) is 17.7 Å². The first-order valence-corrected chi connectivity index (χ1v) is 6.96. The molecule has 0 spiro atoms. The number of ether oxygens (including phenoxy) is 1. The van der Waals surface area contributed by atoms with E-state index in [0.717, 1.165) is 28.1 Å². The fourth-order valence-corrected chi connectivity index (χ4v) is 2.58. The zero-order valence-corrected chi connectivity index (χ0v) is 13.2. The lowest BCUT2D eigenvalue weighted by atomic mass is 10.0. The summed E-state index contributed by atoms with van der Waals surface area (Å²) in [5.41, 5.74) is 5.81. The molecule has 0 aromatic heterocycles. The van der Waals surface area contributed by atoms with Crippen molar-refractivity contribution in [3.05, 3.63) is 58.1 Å². The van der Waals surface area contributed by atoms with Crippen molar-refractivity contribution < 1.29 is 9.53 Å². The standard InChI is InChI=1S/C18H21NO2/c1-11-8-13(3)17(14(4)9-11)19-18(20)15-6-7-16(21-5)12(2)10-15/h6-10H,1-5H3,(H,19,20). The molecule has 3 heteroatoms. The number of amides is 1. The predicted octanol–water partition coefficient (Wildman–Crippen LogP) is 4.18. The van der Waals surface area contributed by atoms with E-state index in [1.54, 1.807) is 13.2 Å². The Kier molecular flexibility index (Phi) is 4.32. The van der Waals surface area contributed by atoms with Crippen molar-refractivity contribution >= 4 is 11.6 Å². The van der Waals surface area contributed by atoms with Gasteiger partial charge in [-0.15, -0.1) is 0 Å². The second-order valence-electron chi connectivity index (χ2n) is 5.41. The summed E-state index contributed by atoms with van der Waals surface area (Å²) in [5.74, 6) is 0.685. The number of aryl methyl sites for hydroxylation is 4. The number of hydrogen-bond acceptors (Lipinski definition) is 2. The van der Waals surface area contributed by atoms with Crippen molar-refractivity contribution in [3.63, 3.8) is 0 Å². The van der Waals surface area contributed by atoms with Gasteiger partial charge in [-0.25, -0.2) is 0 Å². The highest BCUT2D eigenvalue weighted by atomic mass is 16.5. The van der Waals surface area contributed by atoms with Crippen LogP contribution in [0.1, 0.15) is 32.6 Å². The first kappa shape index (κ1) is 15.1. The number of benzene rings is 2. The smallest absolute Gasteiger partial charge is 0.255 e. The van der Waals surface area contributed by atoms with Crippen LogP contribution in [-0.4, -0.2) is 13.0 Å². The number of anilines is 1. The minimum Gasteiger partial charge on any atom is -0.496 e. The van der Waals surface area contributed by atoms with Crippen molar-refractivity contribution in [2.45, 2.75) is 27.7 Å². The third-order valence-corrected chi connectivity index (χ3v) is 3.57. The lowest BCUT2D eigenvalue weighted by molar-refractivity contribution is 0.102. The van der Waals surface area contributed by atoms with Crippen molar-refractivity contribution in [2.24, 2.45) is 0 Å². The minimum atomic E-state index is -0.101. The molecule has 0 aliphatic rings. The van der Waals surface area contributed by atoms with E-state index in [4.69, 9.17) is 4.74 Å². The second-order valence-corrected chi connectivity index (χ2v) is 5.41. The van der Waals surface area contributed by atoms with Gasteiger partial charge in [-0.05, 0) is 62.6 Å². The van der Waals surface area contributed by atoms with Crippen LogP contribution in [0.3, 0.4) is 0 Å². The molecule has 0 atom stereocenters. The van der Waals surface area contributed by atoms with Crippen molar-refractivity contribution in [3.8, 4) is 5.75 Å². The Morgan fingerprint density at radius 2 is 1.57 bits per heavy atom. The fourth-order valence-electron chi connectivity index (χ4n) is 2.58. The summed E-state index contributed by atoms with van der Waals surface area (Å²) in [7, 11) is 1.63. The normalized spacial score (nSPS) is 10.3. The number of carbonyl (C=O) groups is 1. The van der Waals surface area contributed by atoms with Crippen molar-refractivity contribution in [2.75, 3.05) is 12.4 Å². The van der Waals surface area contributed by atoms with Crippen LogP contribution in [0, 0.1) is 27.7 Å². The highest BCUT2D eigenvalue weighted by Gasteiger charge is 2.11. The summed E-state index contributed by atoms with van der Waals surface area (Å²) in [6, 6.07) is 9.58. The number of carbonyl (C=O) groups excluding carboxylic acids is 1. The maximum atomic E-state index is 12.4. The molecule has 0 bridgehead atoms. The molecule has 2 rings (SSSR count). The van der Waals surface area contributed by atoms with Crippen LogP contribution in [-0.2, 0) is 0 Å². The van der Waals surface area contributed by atoms with Gasteiger partial charge >= 0.3 is 0 Å². The van der Waals surface area contributed by atoms with Crippen LogP contribution in [0.5, 0.6) is 5.75 Å². The third-order valence-electron chi connectivity index (χ3n) is 3.57. The molecule has 2 aromatic carbocycles. The monoisotopic (exact) mass is 283 g/mol. The first-order valence-electron chi connectivity index (χ1n) is 6.96. The van der Waals surface area contributed by atoms with E-state index in [-0.39, 0.29) is 5.91 Å². The summed E-state index contributed by atoms with van der Waals surface area (Å²) < 4.78 is 5.22. The van der Waals surface area contributed by atoms with E-state index in [1.165, 1.54) is 5.56 Å². The van der Waals surface area contributed by atoms with Gasteiger partial charge in [-0.2, -0.15) is 0 Å². The number of hydrogen-bond donors (Lipinski definition) is 1. The van der Waals surface area contributed by atoms with Crippen LogP contribution >= 0.6 is 0 Å². The van der Waals surface area contributed by atoms with Gasteiger partial charge in [-0.3, -0.25) is 4.79 Å². The molecule has 0 radical (unpaired) electrons. The Morgan fingerprint density at radius 1 is 0.952 bits per heavy atom. The van der Waals surface area contributed by atoms with Gasteiger partial charge in [0.15, 0.2) is 0 Å². The van der Waals surface area contributed by atoms with Crippen LogP contribution in [0.15, 0.2) is 30.3 Å². The zero-order valence-electron chi connectivity index (χ0n) is 13.2. The Bertz CT molecular complexity index is 667. The number of nitrogens with one attached hydrogen (secondary N) is 1. The van der Waals surface area contributed by atoms with Gasteiger partial charge in [0.1, 0.15) is 5.75 Å². The summed E-state index contributed by atoms with van der Waals surface area (Å²) in [5, 5.41) is 3.01. The van der Waals surface area contributed by atoms with E-state index in [0.29, 0.717) is 5.56 Å². The van der Waals surface area contributed by atoms with Crippen molar-refractivity contribution in [1.82, 2.24) is 0 Å². The summed E-state index contributed by atoms with van der Waals surface area (Å²) in [6.07, 6.45) is 0. The average Bonchev–Trinajstić information content (AvgIpc) is 2.42. The summed E-state index contributed by atoms with van der Waals surface area (Å²) >= 11 is 0. The molecule has 1 N–H and O–H groups in total. The van der Waals surface area contributed by atoms with Gasteiger partial charge in [0.2, 0.25) is 0 Å². The average molecular weight is 283 g/mol. The van der Waals surface area contributed by atoms with Crippen LogP contribution in [0.2, 0.25) is 0 Å². The van der Waals surface area contributed by atoms with E-state index in [9.17, 15) is 4.79 Å². The van der Waals surface area contributed by atoms with E-state index in [1.807, 2.05) is 32.9 Å². The van der Waals surface area contributed by atoms with Crippen LogP contribution in [0.4, 0.5) is 5.69 Å². The third kappa shape index (κ3) is 3.24. The topological polar surface area (TPSA) is 38.3 Å². The number of rotatable bonds is 3. The largest absolute Gasteiger partial charge is 0.496 e. The molecule has 0 unspecified atom stereocenters. The van der Waals surface area contributed by atoms with Gasteiger partial charge in [0.05, 0.1) is 7.11 Å². The predicted molar refractivity (Wildman–Crippen MR) is 86.3 cm³/mol. The van der Waals surface area contributed by atoms with Crippen LogP contribution in [0.25, 0.3) is 0 Å². The van der Waals surface area contributed by atoms with E-state index >= 15 is 0 Å². The molecular formula is C18H21NO2. The molecule has 0 saturated heterocycles.